The summed E-state index contributed by atoms with van der Waals surface area (Å²) in [6, 6.07) is 0. The third kappa shape index (κ3) is 12.3. The zero-order valence-electron chi connectivity index (χ0n) is 17.5. The SMILES string of the molecule is CCCCCCCCCCCCCC[N+](C)(C)CC1CCCCC1. The fourth-order valence-corrected chi connectivity index (χ4v) is 4.54. The Kier molecular flexibility index (Phi) is 13.0. The zero-order chi connectivity index (χ0) is 17.5. The molecule has 1 nitrogen and oxygen atoms in total. The van der Waals surface area contributed by atoms with E-state index < -0.39 is 0 Å². The van der Waals surface area contributed by atoms with Gasteiger partial charge in [-0.3, -0.25) is 0 Å². The van der Waals surface area contributed by atoms with Crippen LogP contribution in [0.15, 0.2) is 0 Å². The molecule has 0 aliphatic heterocycles. The molecule has 0 atom stereocenters. The highest BCUT2D eigenvalue weighted by Gasteiger charge is 2.23. The summed E-state index contributed by atoms with van der Waals surface area (Å²) in [5.74, 6) is 1.02. The lowest BCUT2D eigenvalue weighted by atomic mass is 9.88. The minimum Gasteiger partial charge on any atom is -0.328 e. The van der Waals surface area contributed by atoms with Crippen LogP contribution in [0.25, 0.3) is 0 Å². The Morgan fingerprint density at radius 2 is 1.08 bits per heavy atom. The molecular weight excluding hydrogens is 290 g/mol. The Morgan fingerprint density at radius 3 is 1.58 bits per heavy atom. The maximum absolute atomic E-state index is 2.47. The van der Waals surface area contributed by atoms with E-state index >= 15 is 0 Å². The van der Waals surface area contributed by atoms with E-state index in [4.69, 9.17) is 0 Å². The van der Waals surface area contributed by atoms with Gasteiger partial charge in [-0.05, 0) is 25.7 Å². The maximum atomic E-state index is 2.47. The topological polar surface area (TPSA) is 0 Å². The van der Waals surface area contributed by atoms with Crippen LogP contribution in [-0.2, 0) is 0 Å². The van der Waals surface area contributed by atoms with Crippen LogP contribution in [0.5, 0.6) is 0 Å². The van der Waals surface area contributed by atoms with Gasteiger partial charge in [-0.15, -0.1) is 0 Å². The Hall–Kier alpha value is -0.0400. The van der Waals surface area contributed by atoms with Crippen LogP contribution in [0.2, 0.25) is 0 Å². The van der Waals surface area contributed by atoms with Crippen LogP contribution in [-0.4, -0.2) is 31.7 Å². The average Bonchev–Trinajstić information content (AvgIpc) is 2.56. The summed E-state index contributed by atoms with van der Waals surface area (Å²) in [4.78, 5) is 0. The van der Waals surface area contributed by atoms with Crippen LogP contribution in [0.4, 0.5) is 0 Å². The van der Waals surface area contributed by atoms with E-state index in [0.717, 1.165) is 5.92 Å². The van der Waals surface area contributed by atoms with Crippen molar-refractivity contribution in [2.45, 2.75) is 116 Å². The van der Waals surface area contributed by atoms with Crippen molar-refractivity contribution in [2.24, 2.45) is 5.92 Å². The molecule has 1 saturated carbocycles. The molecule has 1 aliphatic carbocycles. The van der Waals surface area contributed by atoms with E-state index in [1.54, 1.807) is 0 Å². The lowest BCUT2D eigenvalue weighted by Crippen LogP contribution is -2.44. The van der Waals surface area contributed by atoms with Gasteiger partial charge in [-0.25, -0.2) is 0 Å². The maximum Gasteiger partial charge on any atom is 0.0811 e. The Balaban J connectivity index is 1.86. The Bertz CT molecular complexity index is 265. The third-order valence-corrected chi connectivity index (χ3v) is 6.09. The first-order chi connectivity index (χ1) is 11.6. The normalized spacial score (nSPS) is 16.6. The third-order valence-electron chi connectivity index (χ3n) is 6.09. The van der Waals surface area contributed by atoms with Gasteiger partial charge in [0.2, 0.25) is 0 Å². The van der Waals surface area contributed by atoms with Crippen molar-refractivity contribution in [1.29, 1.82) is 0 Å². The zero-order valence-corrected chi connectivity index (χ0v) is 17.5. The second-order valence-corrected chi connectivity index (χ2v) is 9.24. The predicted molar refractivity (Wildman–Crippen MR) is 109 cm³/mol. The molecule has 0 amide bonds. The highest BCUT2D eigenvalue weighted by atomic mass is 15.3. The molecule has 1 aliphatic rings. The van der Waals surface area contributed by atoms with Gasteiger partial charge in [0.05, 0.1) is 27.2 Å². The first-order valence-electron chi connectivity index (χ1n) is 11.5. The second-order valence-electron chi connectivity index (χ2n) is 9.24. The standard InChI is InChI=1S/C23H48N/c1-4-5-6-7-8-9-10-11-12-13-14-18-21-24(2,3)22-23-19-16-15-17-20-23/h23H,4-22H2,1-3H3/q+1. The number of hydrogen-bond donors (Lipinski definition) is 0. The number of unbranched alkanes of at least 4 members (excludes halogenated alkanes) is 11. The van der Waals surface area contributed by atoms with E-state index in [1.807, 2.05) is 0 Å². The molecule has 0 aromatic rings. The number of rotatable bonds is 15. The molecule has 0 unspecified atom stereocenters. The van der Waals surface area contributed by atoms with Gasteiger partial charge in [0.15, 0.2) is 0 Å². The molecule has 1 rings (SSSR count). The highest BCUT2D eigenvalue weighted by molar-refractivity contribution is 4.65. The molecule has 0 bridgehead atoms. The van der Waals surface area contributed by atoms with E-state index in [2.05, 4.69) is 21.0 Å². The van der Waals surface area contributed by atoms with E-state index in [0.29, 0.717) is 0 Å². The summed E-state index contributed by atoms with van der Waals surface area (Å²) < 4.78 is 1.27. The molecule has 1 heteroatoms. The first-order valence-corrected chi connectivity index (χ1v) is 11.5. The monoisotopic (exact) mass is 338 g/mol. The van der Waals surface area contributed by atoms with Gasteiger partial charge in [0.25, 0.3) is 0 Å². The van der Waals surface area contributed by atoms with Gasteiger partial charge in [0.1, 0.15) is 0 Å². The molecule has 0 heterocycles. The molecule has 24 heavy (non-hydrogen) atoms. The number of quaternary nitrogens is 1. The summed E-state index contributed by atoms with van der Waals surface area (Å²) in [7, 11) is 4.93. The van der Waals surface area contributed by atoms with Crippen LogP contribution in [0, 0.1) is 5.92 Å². The van der Waals surface area contributed by atoms with Crippen LogP contribution in [0.3, 0.4) is 0 Å². The van der Waals surface area contributed by atoms with E-state index in [9.17, 15) is 0 Å². The van der Waals surface area contributed by atoms with Crippen molar-refractivity contribution >= 4 is 0 Å². The van der Waals surface area contributed by atoms with E-state index in [1.165, 1.54) is 127 Å². The second kappa shape index (κ2) is 14.2. The summed E-state index contributed by atoms with van der Waals surface area (Å²) >= 11 is 0. The molecular formula is C23H48N+. The summed E-state index contributed by atoms with van der Waals surface area (Å²) in [6.45, 7) is 5.13. The fraction of sp³-hybridized carbons (Fsp3) is 1.00. The fourth-order valence-electron chi connectivity index (χ4n) is 4.54. The quantitative estimate of drug-likeness (QED) is 0.216. The number of hydrogen-bond acceptors (Lipinski definition) is 0. The van der Waals surface area contributed by atoms with Crippen molar-refractivity contribution < 1.29 is 4.48 Å². The Labute approximate surface area is 154 Å². The van der Waals surface area contributed by atoms with Gasteiger partial charge in [-0.1, -0.05) is 90.4 Å². The number of nitrogens with zero attached hydrogens (tertiary/aromatic N) is 1. The minimum atomic E-state index is 1.02. The van der Waals surface area contributed by atoms with Crippen LogP contribution >= 0.6 is 0 Å². The molecule has 0 aromatic heterocycles. The lowest BCUT2D eigenvalue weighted by molar-refractivity contribution is -0.894. The minimum absolute atomic E-state index is 1.02. The Morgan fingerprint density at radius 1 is 0.625 bits per heavy atom. The average molecular weight is 339 g/mol. The first kappa shape index (κ1) is 22.0. The van der Waals surface area contributed by atoms with Gasteiger partial charge in [-0.2, -0.15) is 0 Å². The van der Waals surface area contributed by atoms with Gasteiger partial charge >= 0.3 is 0 Å². The van der Waals surface area contributed by atoms with E-state index in [-0.39, 0.29) is 0 Å². The summed E-state index contributed by atoms with van der Waals surface area (Å²) in [6.07, 6.45) is 25.0. The van der Waals surface area contributed by atoms with Crippen molar-refractivity contribution in [1.82, 2.24) is 0 Å². The van der Waals surface area contributed by atoms with Crippen LogP contribution in [0.1, 0.15) is 116 Å². The molecule has 1 fully saturated rings. The predicted octanol–water partition coefficient (Wildman–Crippen LogP) is 7.34. The lowest BCUT2D eigenvalue weighted by Gasteiger charge is -2.35. The van der Waals surface area contributed by atoms with Crippen molar-refractivity contribution in [2.75, 3.05) is 27.2 Å². The van der Waals surface area contributed by atoms with Gasteiger partial charge < -0.3 is 4.48 Å². The molecule has 0 N–H and O–H groups in total. The molecule has 144 valence electrons. The molecule has 0 spiro atoms. The summed E-state index contributed by atoms with van der Waals surface area (Å²) in [5.41, 5.74) is 0. The van der Waals surface area contributed by atoms with Crippen molar-refractivity contribution in [3.63, 3.8) is 0 Å². The smallest absolute Gasteiger partial charge is 0.0811 e. The molecule has 0 radical (unpaired) electrons. The van der Waals surface area contributed by atoms with Gasteiger partial charge in [0, 0.05) is 5.92 Å². The molecule has 0 saturated heterocycles. The van der Waals surface area contributed by atoms with Crippen LogP contribution < -0.4 is 0 Å². The highest BCUT2D eigenvalue weighted by Crippen LogP contribution is 2.25. The van der Waals surface area contributed by atoms with Crippen molar-refractivity contribution in [3.05, 3.63) is 0 Å². The summed E-state index contributed by atoms with van der Waals surface area (Å²) in [5, 5.41) is 0. The van der Waals surface area contributed by atoms with Crippen molar-refractivity contribution in [3.8, 4) is 0 Å². The molecule has 0 aromatic carbocycles. The largest absolute Gasteiger partial charge is 0.328 e.